The summed E-state index contributed by atoms with van der Waals surface area (Å²) < 4.78 is 11.8. The lowest BCUT2D eigenvalue weighted by Crippen LogP contribution is -2.65. The fourth-order valence-electron chi connectivity index (χ4n) is 4.17. The summed E-state index contributed by atoms with van der Waals surface area (Å²) in [4.78, 5) is 17.0. The Morgan fingerprint density at radius 3 is 3.00 bits per heavy atom. The molecule has 0 N–H and O–H groups in total. The molecule has 1 saturated carbocycles. The molecule has 1 aliphatic heterocycles. The van der Waals surface area contributed by atoms with Crippen molar-refractivity contribution in [3.05, 3.63) is 42.2 Å². The van der Waals surface area contributed by atoms with E-state index in [1.165, 1.54) is 0 Å². The zero-order valence-electron chi connectivity index (χ0n) is 13.5. The Kier molecular flexibility index (Phi) is 3.38. The van der Waals surface area contributed by atoms with Crippen LogP contribution in [-0.4, -0.2) is 29.8 Å². The second kappa shape index (κ2) is 5.31. The van der Waals surface area contributed by atoms with Crippen LogP contribution in [0.4, 0.5) is 0 Å². The Bertz CT molecular complexity index is 750. The van der Waals surface area contributed by atoms with Gasteiger partial charge >= 0.3 is 5.97 Å². The molecule has 1 aromatic carbocycles. The maximum Gasteiger partial charge on any atom is 0.357 e. The number of nitrogens with zero attached hydrogens (tertiary/aromatic N) is 1. The Hall–Kier alpha value is -1.94. The molecule has 0 unspecified atom stereocenters. The van der Waals surface area contributed by atoms with E-state index >= 15 is 0 Å². The first kappa shape index (κ1) is 14.6. The lowest BCUT2D eigenvalue weighted by molar-refractivity contribution is -0.243. The zero-order valence-corrected chi connectivity index (χ0v) is 13.5. The minimum atomic E-state index is -0.330. The molecule has 0 spiro atoms. The van der Waals surface area contributed by atoms with Crippen LogP contribution in [-0.2, 0) is 9.47 Å². The average molecular weight is 311 g/mol. The van der Waals surface area contributed by atoms with E-state index in [9.17, 15) is 4.79 Å². The highest BCUT2D eigenvalue weighted by atomic mass is 16.6. The van der Waals surface area contributed by atoms with E-state index in [2.05, 4.69) is 18.8 Å². The van der Waals surface area contributed by atoms with Crippen molar-refractivity contribution < 1.29 is 14.3 Å². The molecular formula is C19H21NO3. The molecule has 2 fully saturated rings. The normalized spacial score (nSPS) is 28.7. The second-order valence-electron chi connectivity index (χ2n) is 7.13. The third-order valence-electron chi connectivity index (χ3n) is 5.32. The average Bonchev–Trinajstić information content (AvgIpc) is 2.59. The van der Waals surface area contributed by atoms with E-state index in [-0.39, 0.29) is 23.6 Å². The van der Waals surface area contributed by atoms with Crippen LogP contribution < -0.4 is 0 Å². The smallest absolute Gasteiger partial charge is 0.357 e. The molecule has 4 rings (SSSR count). The number of rotatable bonds is 2. The van der Waals surface area contributed by atoms with Crippen LogP contribution in [0.5, 0.6) is 0 Å². The number of benzene rings is 1. The molecule has 2 heterocycles. The van der Waals surface area contributed by atoms with Crippen molar-refractivity contribution in [1.82, 2.24) is 4.98 Å². The van der Waals surface area contributed by atoms with Crippen LogP contribution in [0.2, 0.25) is 0 Å². The van der Waals surface area contributed by atoms with Gasteiger partial charge in [-0.1, -0.05) is 38.1 Å². The fourth-order valence-corrected chi connectivity index (χ4v) is 4.17. The Morgan fingerprint density at radius 2 is 2.13 bits per heavy atom. The van der Waals surface area contributed by atoms with Crippen molar-refractivity contribution in [2.24, 2.45) is 11.3 Å². The van der Waals surface area contributed by atoms with Gasteiger partial charge in [0.2, 0.25) is 0 Å². The van der Waals surface area contributed by atoms with Crippen molar-refractivity contribution >= 4 is 16.7 Å². The van der Waals surface area contributed by atoms with Crippen LogP contribution in [0.25, 0.3) is 10.8 Å². The number of hydrogen-bond acceptors (Lipinski definition) is 4. The number of fused-ring (bicyclic) bond motifs is 2. The first-order valence-electron chi connectivity index (χ1n) is 8.25. The van der Waals surface area contributed by atoms with Gasteiger partial charge in [-0.15, -0.1) is 0 Å². The first-order valence-corrected chi connectivity index (χ1v) is 8.25. The van der Waals surface area contributed by atoms with Crippen molar-refractivity contribution in [1.29, 1.82) is 0 Å². The molecule has 23 heavy (non-hydrogen) atoms. The standard InChI is InChI=1S/C19H21NO3/c1-19(2)16-14(8-5-11-22-16)17(19)23-18(21)15-13-7-4-3-6-12(13)9-10-20-15/h3-4,6-7,9-10,14,16-17H,5,8,11H2,1-2H3/t14-,16+,17+/m0/s1. The number of ether oxygens (including phenoxy) is 2. The molecule has 2 aliphatic rings. The van der Waals surface area contributed by atoms with Gasteiger partial charge in [0.1, 0.15) is 6.10 Å². The van der Waals surface area contributed by atoms with Crippen LogP contribution in [0.1, 0.15) is 37.2 Å². The molecule has 2 aromatic rings. The van der Waals surface area contributed by atoms with Gasteiger partial charge in [0, 0.05) is 29.5 Å². The number of pyridine rings is 1. The molecule has 4 heteroatoms. The highest BCUT2D eigenvalue weighted by Crippen LogP contribution is 2.53. The molecule has 1 saturated heterocycles. The highest BCUT2D eigenvalue weighted by Gasteiger charge is 2.60. The minimum absolute atomic E-state index is 0.0962. The summed E-state index contributed by atoms with van der Waals surface area (Å²) in [6, 6.07) is 9.67. The predicted octanol–water partition coefficient (Wildman–Crippen LogP) is 3.60. The number of esters is 1. The lowest BCUT2D eigenvalue weighted by Gasteiger charge is -2.58. The summed E-state index contributed by atoms with van der Waals surface area (Å²) in [7, 11) is 0. The van der Waals surface area contributed by atoms with Gasteiger partial charge in [0.15, 0.2) is 5.69 Å². The van der Waals surface area contributed by atoms with Gasteiger partial charge in [0.05, 0.1) is 6.10 Å². The third-order valence-corrected chi connectivity index (χ3v) is 5.32. The molecule has 120 valence electrons. The van der Waals surface area contributed by atoms with Crippen LogP contribution in [0, 0.1) is 11.3 Å². The number of carbonyl (C=O) groups excluding carboxylic acids is 1. The molecule has 0 amide bonds. The SMILES string of the molecule is CC1(C)[C@@H]2OCCC[C@@H]2[C@H]1OC(=O)c1nccc2ccccc12. The number of hydrogen-bond donors (Lipinski definition) is 0. The van der Waals surface area contributed by atoms with E-state index < -0.39 is 0 Å². The zero-order chi connectivity index (χ0) is 16.0. The fraction of sp³-hybridized carbons (Fsp3) is 0.474. The molecule has 3 atom stereocenters. The number of aromatic nitrogens is 1. The first-order chi connectivity index (χ1) is 11.1. The summed E-state index contributed by atoms with van der Waals surface area (Å²) in [5, 5.41) is 1.84. The van der Waals surface area contributed by atoms with Gasteiger partial charge in [-0.2, -0.15) is 0 Å². The maximum absolute atomic E-state index is 12.7. The predicted molar refractivity (Wildman–Crippen MR) is 87.2 cm³/mol. The third kappa shape index (κ3) is 2.24. The number of carbonyl (C=O) groups is 1. The van der Waals surface area contributed by atoms with E-state index in [0.29, 0.717) is 11.6 Å². The van der Waals surface area contributed by atoms with Crippen molar-refractivity contribution in [3.8, 4) is 0 Å². The molecule has 1 aromatic heterocycles. The van der Waals surface area contributed by atoms with Gasteiger partial charge in [-0.3, -0.25) is 0 Å². The molecule has 1 aliphatic carbocycles. The van der Waals surface area contributed by atoms with Crippen LogP contribution in [0.15, 0.2) is 36.5 Å². The summed E-state index contributed by atoms with van der Waals surface area (Å²) in [5.41, 5.74) is 0.268. The van der Waals surface area contributed by atoms with E-state index in [0.717, 1.165) is 30.2 Å². The highest BCUT2D eigenvalue weighted by molar-refractivity contribution is 6.02. The summed E-state index contributed by atoms with van der Waals surface area (Å²) in [6.07, 6.45) is 3.88. The summed E-state index contributed by atoms with van der Waals surface area (Å²) >= 11 is 0. The van der Waals surface area contributed by atoms with Gasteiger partial charge in [0.25, 0.3) is 0 Å². The quantitative estimate of drug-likeness (QED) is 0.795. The Balaban J connectivity index is 1.60. The van der Waals surface area contributed by atoms with Crippen LogP contribution >= 0.6 is 0 Å². The Labute approximate surface area is 135 Å². The lowest BCUT2D eigenvalue weighted by atomic mass is 9.57. The van der Waals surface area contributed by atoms with Gasteiger partial charge < -0.3 is 9.47 Å². The van der Waals surface area contributed by atoms with Gasteiger partial charge in [-0.25, -0.2) is 9.78 Å². The van der Waals surface area contributed by atoms with Crippen molar-refractivity contribution in [3.63, 3.8) is 0 Å². The van der Waals surface area contributed by atoms with E-state index in [1.54, 1.807) is 6.20 Å². The second-order valence-corrected chi connectivity index (χ2v) is 7.13. The molecular weight excluding hydrogens is 290 g/mol. The molecule has 4 nitrogen and oxygen atoms in total. The van der Waals surface area contributed by atoms with E-state index in [1.807, 2.05) is 30.3 Å². The van der Waals surface area contributed by atoms with Crippen molar-refractivity contribution in [2.45, 2.75) is 38.9 Å². The molecule has 0 bridgehead atoms. The summed E-state index contributed by atoms with van der Waals surface area (Å²) in [5.74, 6) is -0.0124. The van der Waals surface area contributed by atoms with Crippen molar-refractivity contribution in [2.75, 3.05) is 6.61 Å². The van der Waals surface area contributed by atoms with Gasteiger partial charge in [-0.05, 0) is 24.3 Å². The van der Waals surface area contributed by atoms with Crippen LogP contribution in [0.3, 0.4) is 0 Å². The largest absolute Gasteiger partial charge is 0.457 e. The minimum Gasteiger partial charge on any atom is -0.457 e. The monoisotopic (exact) mass is 311 g/mol. The Morgan fingerprint density at radius 1 is 1.30 bits per heavy atom. The molecule has 0 radical (unpaired) electrons. The summed E-state index contributed by atoms with van der Waals surface area (Å²) in [6.45, 7) is 5.05. The topological polar surface area (TPSA) is 48.4 Å². The maximum atomic E-state index is 12.7. The van der Waals surface area contributed by atoms with E-state index in [4.69, 9.17) is 9.47 Å².